The lowest BCUT2D eigenvalue weighted by Gasteiger charge is -2.22. The van der Waals surface area contributed by atoms with Crippen molar-refractivity contribution in [1.29, 1.82) is 0 Å². The van der Waals surface area contributed by atoms with E-state index in [2.05, 4.69) is 12.2 Å². The summed E-state index contributed by atoms with van der Waals surface area (Å²) in [6.07, 6.45) is 13.0. The second kappa shape index (κ2) is 6.41. The molecule has 3 rings (SSSR count). The van der Waals surface area contributed by atoms with Gasteiger partial charge in [0, 0.05) is 5.92 Å². The quantitative estimate of drug-likeness (QED) is 0.594. The molecule has 1 heteroatoms. The van der Waals surface area contributed by atoms with Crippen molar-refractivity contribution in [2.45, 2.75) is 51.0 Å². The van der Waals surface area contributed by atoms with Crippen molar-refractivity contribution in [2.75, 3.05) is 0 Å². The zero-order valence-corrected chi connectivity index (χ0v) is 12.1. The average molecular weight is 268 g/mol. The molecular weight excluding hydrogens is 244 g/mol. The topological polar surface area (TPSA) is 20.2 Å². The van der Waals surface area contributed by atoms with E-state index in [1.165, 1.54) is 44.1 Å². The standard InChI is InChI=1S/C19H24O/c20-19(16-11-6-3-7-12-16)18-14-8-13-17(18)15-9-4-1-2-5-10-15/h3,6-8,11-12,14,18-20H,1-2,4-5,9-10,13H2/t18-,19+/m0/s1. The third-order valence-corrected chi connectivity index (χ3v) is 4.73. The van der Waals surface area contributed by atoms with Crippen LogP contribution in [0.1, 0.15) is 56.6 Å². The summed E-state index contributed by atoms with van der Waals surface area (Å²) in [6, 6.07) is 10.1. The predicted octanol–water partition coefficient (Wildman–Crippen LogP) is 4.95. The van der Waals surface area contributed by atoms with Crippen LogP contribution in [0.4, 0.5) is 0 Å². The first-order valence-corrected chi connectivity index (χ1v) is 7.97. The Morgan fingerprint density at radius 3 is 2.35 bits per heavy atom. The smallest absolute Gasteiger partial charge is 0.0890 e. The van der Waals surface area contributed by atoms with Crippen LogP contribution in [-0.2, 0) is 0 Å². The van der Waals surface area contributed by atoms with Gasteiger partial charge in [0.05, 0.1) is 6.10 Å². The third-order valence-electron chi connectivity index (χ3n) is 4.73. The van der Waals surface area contributed by atoms with Crippen molar-refractivity contribution < 1.29 is 5.11 Å². The monoisotopic (exact) mass is 268 g/mol. The molecule has 1 aromatic carbocycles. The van der Waals surface area contributed by atoms with E-state index in [-0.39, 0.29) is 12.0 Å². The summed E-state index contributed by atoms with van der Waals surface area (Å²) in [5.41, 5.74) is 4.17. The Kier molecular flexibility index (Phi) is 4.37. The summed E-state index contributed by atoms with van der Waals surface area (Å²) >= 11 is 0. The number of aliphatic hydroxyl groups excluding tert-OH is 1. The van der Waals surface area contributed by atoms with Crippen molar-refractivity contribution >= 4 is 0 Å². The van der Waals surface area contributed by atoms with Crippen molar-refractivity contribution in [3.63, 3.8) is 0 Å². The minimum Gasteiger partial charge on any atom is -0.387 e. The highest BCUT2D eigenvalue weighted by Gasteiger charge is 2.27. The molecule has 0 aliphatic heterocycles. The Balaban J connectivity index is 1.84. The number of hydrogen-bond acceptors (Lipinski definition) is 1. The molecule has 0 saturated heterocycles. The van der Waals surface area contributed by atoms with Crippen LogP contribution in [0.3, 0.4) is 0 Å². The van der Waals surface area contributed by atoms with Crippen molar-refractivity contribution in [1.82, 2.24) is 0 Å². The van der Waals surface area contributed by atoms with Crippen molar-refractivity contribution in [2.24, 2.45) is 5.92 Å². The Hall–Kier alpha value is -1.34. The highest BCUT2D eigenvalue weighted by atomic mass is 16.3. The maximum atomic E-state index is 10.7. The molecule has 0 spiro atoms. The van der Waals surface area contributed by atoms with Gasteiger partial charge in [-0.3, -0.25) is 0 Å². The van der Waals surface area contributed by atoms with Gasteiger partial charge in [0.15, 0.2) is 0 Å². The molecule has 20 heavy (non-hydrogen) atoms. The fourth-order valence-electron chi connectivity index (χ4n) is 3.60. The highest BCUT2D eigenvalue weighted by molar-refractivity contribution is 5.33. The largest absolute Gasteiger partial charge is 0.387 e. The molecular formula is C19H24O. The molecule has 2 aliphatic rings. The second-order valence-electron chi connectivity index (χ2n) is 6.06. The van der Waals surface area contributed by atoms with E-state index in [9.17, 15) is 5.11 Å². The maximum Gasteiger partial charge on any atom is 0.0890 e. The van der Waals surface area contributed by atoms with Gasteiger partial charge in [0.25, 0.3) is 0 Å². The molecule has 0 radical (unpaired) electrons. The van der Waals surface area contributed by atoms with Crippen LogP contribution >= 0.6 is 0 Å². The first-order valence-electron chi connectivity index (χ1n) is 7.97. The molecule has 0 bridgehead atoms. The molecule has 2 atom stereocenters. The average Bonchev–Trinajstić information content (AvgIpc) is 2.83. The number of aliphatic hydroxyl groups is 1. The number of benzene rings is 1. The van der Waals surface area contributed by atoms with E-state index < -0.39 is 0 Å². The zero-order chi connectivity index (χ0) is 13.8. The lowest BCUT2D eigenvalue weighted by Crippen LogP contribution is -2.12. The van der Waals surface area contributed by atoms with Crippen LogP contribution in [0.25, 0.3) is 0 Å². The van der Waals surface area contributed by atoms with Crippen LogP contribution < -0.4 is 0 Å². The normalized spacial score (nSPS) is 24.8. The van der Waals surface area contributed by atoms with E-state index in [1.54, 1.807) is 5.57 Å². The lowest BCUT2D eigenvalue weighted by atomic mass is 9.86. The Labute approximate surface area is 122 Å². The molecule has 0 amide bonds. The van der Waals surface area contributed by atoms with Gasteiger partial charge >= 0.3 is 0 Å². The second-order valence-corrected chi connectivity index (χ2v) is 6.06. The zero-order valence-electron chi connectivity index (χ0n) is 12.1. The summed E-state index contributed by atoms with van der Waals surface area (Å²) in [4.78, 5) is 0. The molecule has 0 heterocycles. The van der Waals surface area contributed by atoms with Gasteiger partial charge in [-0.1, -0.05) is 66.5 Å². The van der Waals surface area contributed by atoms with Gasteiger partial charge in [-0.2, -0.15) is 0 Å². The first kappa shape index (κ1) is 13.6. The number of hydrogen-bond donors (Lipinski definition) is 1. The van der Waals surface area contributed by atoms with Gasteiger partial charge in [-0.05, 0) is 37.7 Å². The fraction of sp³-hybridized carbons (Fsp3) is 0.474. The lowest BCUT2D eigenvalue weighted by molar-refractivity contribution is 0.147. The Bertz CT molecular complexity index is 488. The van der Waals surface area contributed by atoms with E-state index in [0.29, 0.717) is 0 Å². The van der Waals surface area contributed by atoms with Crippen LogP contribution in [0.15, 0.2) is 53.6 Å². The maximum absolute atomic E-state index is 10.7. The fourth-order valence-corrected chi connectivity index (χ4v) is 3.60. The van der Waals surface area contributed by atoms with Crippen molar-refractivity contribution in [3.05, 3.63) is 59.2 Å². The van der Waals surface area contributed by atoms with E-state index in [0.717, 1.165) is 12.0 Å². The van der Waals surface area contributed by atoms with Gasteiger partial charge < -0.3 is 5.11 Å². The molecule has 1 fully saturated rings. The summed E-state index contributed by atoms with van der Waals surface area (Å²) in [5.74, 6) is 0.200. The minimum absolute atomic E-state index is 0.200. The van der Waals surface area contributed by atoms with E-state index in [4.69, 9.17) is 0 Å². The van der Waals surface area contributed by atoms with E-state index >= 15 is 0 Å². The number of allylic oxidation sites excluding steroid dienone is 2. The van der Waals surface area contributed by atoms with Crippen LogP contribution in [-0.4, -0.2) is 5.11 Å². The van der Waals surface area contributed by atoms with Crippen molar-refractivity contribution in [3.8, 4) is 0 Å². The molecule has 2 aliphatic carbocycles. The molecule has 1 saturated carbocycles. The third kappa shape index (κ3) is 2.88. The molecule has 1 nitrogen and oxygen atoms in total. The van der Waals surface area contributed by atoms with E-state index in [1.807, 2.05) is 30.3 Å². The summed E-state index contributed by atoms with van der Waals surface area (Å²) in [6.45, 7) is 0. The highest BCUT2D eigenvalue weighted by Crippen LogP contribution is 2.40. The van der Waals surface area contributed by atoms with Crippen LogP contribution in [0.2, 0.25) is 0 Å². The van der Waals surface area contributed by atoms with Crippen LogP contribution in [0.5, 0.6) is 0 Å². The summed E-state index contributed by atoms with van der Waals surface area (Å²) in [7, 11) is 0. The molecule has 106 valence electrons. The molecule has 0 aromatic heterocycles. The predicted molar refractivity (Wildman–Crippen MR) is 83.4 cm³/mol. The van der Waals surface area contributed by atoms with Gasteiger partial charge in [0.1, 0.15) is 0 Å². The summed E-state index contributed by atoms with van der Waals surface area (Å²) < 4.78 is 0. The van der Waals surface area contributed by atoms with Gasteiger partial charge in [-0.25, -0.2) is 0 Å². The molecule has 0 unspecified atom stereocenters. The summed E-state index contributed by atoms with van der Waals surface area (Å²) in [5, 5.41) is 10.7. The Morgan fingerprint density at radius 1 is 0.950 bits per heavy atom. The number of rotatable bonds is 2. The first-order chi connectivity index (χ1) is 9.86. The molecule has 1 N–H and O–H groups in total. The van der Waals surface area contributed by atoms with Gasteiger partial charge in [-0.15, -0.1) is 0 Å². The van der Waals surface area contributed by atoms with Crippen LogP contribution in [0, 0.1) is 5.92 Å². The Morgan fingerprint density at radius 2 is 1.65 bits per heavy atom. The van der Waals surface area contributed by atoms with Gasteiger partial charge in [0.2, 0.25) is 0 Å². The minimum atomic E-state index is -0.388. The SMILES string of the molecule is O[C@H](c1ccccc1)[C@H]1C=CCC1=C1CCCCCC1. The molecule has 1 aromatic rings.